The number of carbonyl (C=O) groups is 2. The smallest absolute Gasteiger partial charge is 0.331 e. The Morgan fingerprint density at radius 1 is 1.35 bits per heavy atom. The van der Waals surface area contributed by atoms with Crippen molar-refractivity contribution in [3.05, 3.63) is 0 Å². The Bertz CT molecular complexity index is 522. The van der Waals surface area contributed by atoms with Gasteiger partial charge in [-0.3, -0.25) is 19.0 Å². The van der Waals surface area contributed by atoms with Gasteiger partial charge in [-0.05, 0) is 25.8 Å². The molecule has 23 heavy (non-hydrogen) atoms. The van der Waals surface area contributed by atoms with Gasteiger partial charge in [0.2, 0.25) is 6.41 Å². The lowest BCUT2D eigenvalue weighted by Crippen LogP contribution is -2.55. The number of carbonyl (C=O) groups excluding carboxylic acids is 2. The van der Waals surface area contributed by atoms with Crippen molar-refractivity contribution in [3.8, 4) is 0 Å². The number of hydroxylamine groups is 2. The molecule has 0 spiro atoms. The number of likely N-dealkylation sites (tertiary alicyclic amines) is 1. The molecule has 2 rings (SSSR count). The highest BCUT2D eigenvalue weighted by Gasteiger charge is 2.33. The first kappa shape index (κ1) is 18.0. The second kappa shape index (κ2) is 7.99. The lowest BCUT2D eigenvalue weighted by molar-refractivity contribution is -0.148. The molecular weight excluding hydrogens is 332 g/mol. The first-order chi connectivity index (χ1) is 10.9. The van der Waals surface area contributed by atoms with Crippen LogP contribution in [-0.2, 0) is 29.1 Å². The highest BCUT2D eigenvalue weighted by molar-refractivity contribution is 7.80. The third-order valence-corrected chi connectivity index (χ3v) is 4.03. The van der Waals surface area contributed by atoms with Crippen LogP contribution in [0.2, 0.25) is 0 Å². The summed E-state index contributed by atoms with van der Waals surface area (Å²) in [6, 6.07) is -1.23. The van der Waals surface area contributed by atoms with Crippen molar-refractivity contribution in [1.82, 2.24) is 21.2 Å². The molecule has 3 atom stereocenters. The molecule has 0 radical (unpaired) electrons. The molecule has 132 valence electrons. The maximum Gasteiger partial charge on any atom is 0.413 e. The van der Waals surface area contributed by atoms with E-state index in [1.165, 1.54) is 4.90 Å². The van der Waals surface area contributed by atoms with Gasteiger partial charge in [0.25, 0.3) is 5.91 Å². The van der Waals surface area contributed by atoms with Gasteiger partial charge < -0.3 is 10.2 Å². The Kier molecular flexibility index (Phi) is 6.26. The maximum atomic E-state index is 12.1. The van der Waals surface area contributed by atoms with E-state index in [-0.39, 0.29) is 12.6 Å². The Labute approximate surface area is 133 Å². The predicted octanol–water partition coefficient (Wildman–Crippen LogP) is -2.29. The van der Waals surface area contributed by atoms with Gasteiger partial charge in [0.05, 0.1) is 12.1 Å². The van der Waals surface area contributed by atoms with Crippen molar-refractivity contribution in [3.63, 3.8) is 0 Å². The van der Waals surface area contributed by atoms with Crippen LogP contribution in [0.3, 0.4) is 0 Å². The minimum Gasteiger partial charge on any atom is -0.331 e. The summed E-state index contributed by atoms with van der Waals surface area (Å²) in [7, 11) is -4.62. The van der Waals surface area contributed by atoms with Crippen LogP contribution in [0, 0.1) is 0 Å². The first-order valence-electron chi connectivity index (χ1n) is 7.17. The second-order valence-electron chi connectivity index (χ2n) is 5.42. The van der Waals surface area contributed by atoms with E-state index in [4.69, 9.17) is 9.39 Å². The molecule has 0 aromatic carbocycles. The van der Waals surface area contributed by atoms with Crippen molar-refractivity contribution in [1.29, 1.82) is 0 Å². The molecular formula is C11H20N4O7S. The van der Waals surface area contributed by atoms with Crippen LogP contribution >= 0.6 is 0 Å². The van der Waals surface area contributed by atoms with Gasteiger partial charge in [-0.15, -0.1) is 0 Å². The quantitative estimate of drug-likeness (QED) is 0.226. The molecule has 2 amide bonds. The predicted molar refractivity (Wildman–Crippen MR) is 75.9 cm³/mol. The van der Waals surface area contributed by atoms with Crippen molar-refractivity contribution >= 4 is 22.7 Å². The molecule has 0 saturated carbocycles. The fraction of sp³-hybridized carbons (Fsp3) is 0.818. The number of hydrogen-bond acceptors (Lipinski definition) is 8. The number of amides is 2. The molecule has 11 nitrogen and oxygen atoms in total. The van der Waals surface area contributed by atoms with E-state index >= 15 is 0 Å². The molecule has 0 aliphatic carbocycles. The van der Waals surface area contributed by atoms with Crippen molar-refractivity contribution in [2.24, 2.45) is 0 Å². The molecule has 0 aromatic heterocycles. The van der Waals surface area contributed by atoms with Crippen LogP contribution in [0.4, 0.5) is 0 Å². The lowest BCUT2D eigenvalue weighted by Gasteiger charge is -2.35. The molecule has 0 bridgehead atoms. The number of nitrogens with zero attached hydrogens (tertiary/aromatic N) is 1. The maximum absolute atomic E-state index is 12.1. The fourth-order valence-electron chi connectivity index (χ4n) is 2.56. The molecule has 2 aliphatic rings. The Morgan fingerprint density at radius 3 is 2.74 bits per heavy atom. The minimum absolute atomic E-state index is 0.0576. The summed E-state index contributed by atoms with van der Waals surface area (Å²) in [6.07, 6.45) is 1.88. The van der Waals surface area contributed by atoms with E-state index in [1.54, 1.807) is 0 Å². The largest absolute Gasteiger partial charge is 0.413 e. The van der Waals surface area contributed by atoms with E-state index < -0.39 is 28.4 Å². The van der Waals surface area contributed by atoms with E-state index in [2.05, 4.69) is 20.6 Å². The SMILES string of the molecule is O=CN1C[C@H](NOS(=O)(=O)O)CC[C@H]1C(=O)NO[C@H]1CCNC1. The van der Waals surface area contributed by atoms with Gasteiger partial charge in [0.15, 0.2) is 0 Å². The van der Waals surface area contributed by atoms with Gasteiger partial charge in [0.1, 0.15) is 6.04 Å². The Hall–Kier alpha value is -1.31. The molecule has 2 fully saturated rings. The topological polar surface area (TPSA) is 146 Å². The number of piperidine rings is 1. The standard InChI is InChI=1S/C11H20N4O7S/c16-7-15-6-8(13-22-23(18,19)20)1-2-10(15)11(17)14-21-9-3-4-12-5-9/h7-10,12-13H,1-6H2,(H,14,17)(H,18,19,20)/t8-,9+,10+/m1/s1. The van der Waals surface area contributed by atoms with Gasteiger partial charge in [0, 0.05) is 13.1 Å². The van der Waals surface area contributed by atoms with Gasteiger partial charge >= 0.3 is 10.4 Å². The van der Waals surface area contributed by atoms with E-state index in [1.807, 2.05) is 0 Å². The van der Waals surface area contributed by atoms with Crippen molar-refractivity contribution in [2.75, 3.05) is 19.6 Å². The zero-order valence-corrected chi connectivity index (χ0v) is 13.1. The van der Waals surface area contributed by atoms with Crippen LogP contribution in [0.1, 0.15) is 19.3 Å². The normalized spacial score (nSPS) is 28.6. The zero-order chi connectivity index (χ0) is 16.9. The summed E-state index contributed by atoms with van der Waals surface area (Å²) < 4.78 is 33.6. The van der Waals surface area contributed by atoms with Crippen LogP contribution in [-0.4, -0.2) is 68.0 Å². The van der Waals surface area contributed by atoms with Gasteiger partial charge in [-0.2, -0.15) is 18.2 Å². The highest BCUT2D eigenvalue weighted by atomic mass is 32.3. The monoisotopic (exact) mass is 352 g/mol. The van der Waals surface area contributed by atoms with Crippen molar-refractivity contribution in [2.45, 2.75) is 37.5 Å². The molecule has 0 unspecified atom stereocenters. The van der Waals surface area contributed by atoms with Crippen molar-refractivity contribution < 1.29 is 31.7 Å². The summed E-state index contributed by atoms with van der Waals surface area (Å²) in [5.74, 6) is -0.432. The minimum atomic E-state index is -4.62. The number of nitrogens with one attached hydrogen (secondary N) is 3. The van der Waals surface area contributed by atoms with Gasteiger partial charge in [-0.25, -0.2) is 5.48 Å². The molecule has 0 aromatic rings. The summed E-state index contributed by atoms with van der Waals surface area (Å²) in [5.41, 5.74) is 4.52. The van der Waals surface area contributed by atoms with E-state index in [9.17, 15) is 18.0 Å². The average molecular weight is 352 g/mol. The molecule has 12 heteroatoms. The second-order valence-corrected chi connectivity index (χ2v) is 6.44. The summed E-state index contributed by atoms with van der Waals surface area (Å²) >= 11 is 0. The summed E-state index contributed by atoms with van der Waals surface area (Å²) in [5, 5.41) is 3.09. The third-order valence-electron chi connectivity index (χ3n) is 3.72. The molecule has 2 saturated heterocycles. The van der Waals surface area contributed by atoms with Crippen LogP contribution < -0.4 is 16.3 Å². The van der Waals surface area contributed by atoms with Crippen LogP contribution in [0.5, 0.6) is 0 Å². The summed E-state index contributed by atoms with van der Waals surface area (Å²) in [6.45, 7) is 1.54. The lowest BCUT2D eigenvalue weighted by atomic mass is 9.99. The molecule has 2 heterocycles. The van der Waals surface area contributed by atoms with E-state index in [0.717, 1.165) is 13.0 Å². The van der Waals surface area contributed by atoms with E-state index in [0.29, 0.717) is 25.8 Å². The summed E-state index contributed by atoms with van der Waals surface area (Å²) in [4.78, 5) is 29.7. The van der Waals surface area contributed by atoms with Crippen LogP contribution in [0.15, 0.2) is 0 Å². The third kappa shape index (κ3) is 5.67. The zero-order valence-electron chi connectivity index (χ0n) is 12.3. The Morgan fingerprint density at radius 2 is 2.13 bits per heavy atom. The first-order valence-corrected chi connectivity index (χ1v) is 8.54. The highest BCUT2D eigenvalue weighted by Crippen LogP contribution is 2.17. The molecule has 2 aliphatic heterocycles. The van der Waals surface area contributed by atoms with Gasteiger partial charge in [-0.1, -0.05) is 0 Å². The number of hydrogen-bond donors (Lipinski definition) is 4. The molecule has 4 N–H and O–H groups in total. The number of rotatable bonds is 7. The average Bonchev–Trinajstić information content (AvgIpc) is 3.03. The Balaban J connectivity index is 1.81. The van der Waals surface area contributed by atoms with Crippen LogP contribution in [0.25, 0.3) is 0 Å². The fourth-order valence-corrected chi connectivity index (χ4v) is 2.82.